The number of benzene rings is 2. The topological polar surface area (TPSA) is 92.5 Å². The predicted molar refractivity (Wildman–Crippen MR) is 128 cm³/mol. The van der Waals surface area contributed by atoms with E-state index in [0.29, 0.717) is 18.0 Å². The molecule has 0 aliphatic carbocycles. The van der Waals surface area contributed by atoms with Crippen molar-refractivity contribution in [3.05, 3.63) is 65.4 Å². The van der Waals surface area contributed by atoms with Crippen molar-refractivity contribution >= 4 is 21.6 Å². The van der Waals surface area contributed by atoms with Crippen molar-refractivity contribution in [1.29, 1.82) is 0 Å². The van der Waals surface area contributed by atoms with E-state index in [1.807, 2.05) is 39.0 Å². The molecule has 174 valence electrons. The third kappa shape index (κ3) is 4.86. The molecular formula is C25H29N3O4S. The molecule has 1 aliphatic rings. The highest BCUT2D eigenvalue weighted by Crippen LogP contribution is 2.28. The number of carbonyl (C=O) groups excluding carboxylic acids is 1. The molecular weight excluding hydrogens is 438 g/mol. The fourth-order valence-corrected chi connectivity index (χ4v) is 5.92. The average molecular weight is 468 g/mol. The SMILES string of the molecule is CCC1CCCCN1S(=O)(=O)c1ccc(NC(=O)c2cc(-c3ccc(C)c(C)c3)on2)cc1. The third-order valence-electron chi connectivity index (χ3n) is 6.30. The zero-order valence-electron chi connectivity index (χ0n) is 19.2. The quantitative estimate of drug-likeness (QED) is 0.540. The van der Waals surface area contributed by atoms with Gasteiger partial charge < -0.3 is 9.84 Å². The molecule has 0 radical (unpaired) electrons. The number of nitrogens with one attached hydrogen (secondary N) is 1. The van der Waals surface area contributed by atoms with Gasteiger partial charge >= 0.3 is 0 Å². The van der Waals surface area contributed by atoms with E-state index in [4.69, 9.17) is 4.52 Å². The Morgan fingerprint density at radius 2 is 1.85 bits per heavy atom. The molecule has 4 rings (SSSR count). The fourth-order valence-electron chi connectivity index (χ4n) is 4.15. The highest BCUT2D eigenvalue weighted by atomic mass is 32.2. The van der Waals surface area contributed by atoms with Crippen LogP contribution in [0.1, 0.15) is 54.2 Å². The van der Waals surface area contributed by atoms with Crippen LogP contribution in [-0.4, -0.2) is 36.4 Å². The molecule has 1 atom stereocenters. The van der Waals surface area contributed by atoms with E-state index < -0.39 is 15.9 Å². The minimum absolute atomic E-state index is 0.0433. The molecule has 1 aromatic heterocycles. The van der Waals surface area contributed by atoms with Crippen molar-refractivity contribution in [3.63, 3.8) is 0 Å². The first-order valence-corrected chi connectivity index (χ1v) is 12.7. The number of hydrogen-bond acceptors (Lipinski definition) is 5. The molecule has 1 amide bonds. The molecule has 1 unspecified atom stereocenters. The molecule has 2 heterocycles. The Hall–Kier alpha value is -2.97. The summed E-state index contributed by atoms with van der Waals surface area (Å²) < 4.78 is 33.2. The molecule has 1 fully saturated rings. The van der Waals surface area contributed by atoms with Gasteiger partial charge in [-0.2, -0.15) is 4.31 Å². The van der Waals surface area contributed by atoms with Crippen molar-refractivity contribution in [2.75, 3.05) is 11.9 Å². The summed E-state index contributed by atoms with van der Waals surface area (Å²) in [5.41, 5.74) is 3.79. The van der Waals surface area contributed by atoms with Crippen LogP contribution < -0.4 is 5.32 Å². The lowest BCUT2D eigenvalue weighted by Gasteiger charge is -2.34. The number of sulfonamides is 1. The lowest BCUT2D eigenvalue weighted by atomic mass is 10.0. The number of aryl methyl sites for hydroxylation is 2. The monoisotopic (exact) mass is 467 g/mol. The van der Waals surface area contributed by atoms with Gasteiger partial charge in [0.05, 0.1) is 4.90 Å². The maximum atomic E-state index is 13.1. The van der Waals surface area contributed by atoms with Crippen LogP contribution in [0.15, 0.2) is 57.9 Å². The molecule has 1 saturated heterocycles. The van der Waals surface area contributed by atoms with Gasteiger partial charge in [0.1, 0.15) is 0 Å². The molecule has 0 saturated carbocycles. The minimum Gasteiger partial charge on any atom is -0.355 e. The normalized spacial score (nSPS) is 17.1. The average Bonchev–Trinajstić information content (AvgIpc) is 3.32. The summed E-state index contributed by atoms with van der Waals surface area (Å²) in [7, 11) is -3.56. The lowest BCUT2D eigenvalue weighted by molar-refractivity contribution is 0.101. The zero-order valence-corrected chi connectivity index (χ0v) is 20.0. The number of hydrogen-bond donors (Lipinski definition) is 1. The number of nitrogens with zero attached hydrogens (tertiary/aromatic N) is 2. The number of carbonyl (C=O) groups is 1. The van der Waals surface area contributed by atoms with Crippen molar-refractivity contribution in [3.8, 4) is 11.3 Å². The van der Waals surface area contributed by atoms with Crippen LogP contribution in [0.4, 0.5) is 5.69 Å². The molecule has 0 bridgehead atoms. The first kappa shape index (κ1) is 23.2. The van der Waals surface area contributed by atoms with Crippen molar-refractivity contribution in [2.24, 2.45) is 0 Å². The van der Waals surface area contributed by atoms with Gasteiger partial charge in [0.2, 0.25) is 10.0 Å². The smallest absolute Gasteiger partial charge is 0.277 e. The van der Waals surface area contributed by atoms with Crippen LogP contribution in [-0.2, 0) is 10.0 Å². The second-order valence-corrected chi connectivity index (χ2v) is 10.4. The highest BCUT2D eigenvalue weighted by molar-refractivity contribution is 7.89. The van der Waals surface area contributed by atoms with Crippen molar-refractivity contribution < 1.29 is 17.7 Å². The fraction of sp³-hybridized carbons (Fsp3) is 0.360. The Morgan fingerprint density at radius 1 is 1.09 bits per heavy atom. The Kier molecular flexibility index (Phi) is 6.67. The van der Waals surface area contributed by atoms with Crippen LogP contribution in [0.5, 0.6) is 0 Å². The Labute approximate surface area is 194 Å². The van der Waals surface area contributed by atoms with Crippen LogP contribution >= 0.6 is 0 Å². The van der Waals surface area contributed by atoms with E-state index in [2.05, 4.69) is 10.5 Å². The third-order valence-corrected chi connectivity index (χ3v) is 8.26. The Balaban J connectivity index is 1.46. The predicted octanol–water partition coefficient (Wildman–Crippen LogP) is 5.16. The summed E-state index contributed by atoms with van der Waals surface area (Å²) in [6.45, 7) is 6.62. The summed E-state index contributed by atoms with van der Waals surface area (Å²) in [5, 5.41) is 6.64. The van der Waals surface area contributed by atoms with Crippen LogP contribution in [0, 0.1) is 13.8 Å². The first-order chi connectivity index (χ1) is 15.8. The van der Waals surface area contributed by atoms with E-state index in [1.54, 1.807) is 22.5 Å². The summed E-state index contributed by atoms with van der Waals surface area (Å²) in [5.74, 6) is 0.0863. The molecule has 2 aromatic carbocycles. The van der Waals surface area contributed by atoms with Gasteiger partial charge in [-0.05, 0) is 74.6 Å². The summed E-state index contributed by atoms with van der Waals surface area (Å²) in [6.07, 6.45) is 3.63. The molecule has 3 aromatic rings. The number of anilines is 1. The molecule has 7 nitrogen and oxygen atoms in total. The van der Waals surface area contributed by atoms with Crippen molar-refractivity contribution in [1.82, 2.24) is 9.46 Å². The maximum Gasteiger partial charge on any atom is 0.277 e. The van der Waals surface area contributed by atoms with Crippen LogP contribution in [0.25, 0.3) is 11.3 Å². The van der Waals surface area contributed by atoms with E-state index in [-0.39, 0.29) is 16.6 Å². The highest BCUT2D eigenvalue weighted by Gasteiger charge is 2.32. The second kappa shape index (κ2) is 9.49. The standard InChI is InChI=1S/C25H29N3O4S/c1-4-21-7-5-6-14-28(21)33(30,31)22-12-10-20(11-13-22)26-25(29)23-16-24(32-27-23)19-9-8-17(2)18(3)15-19/h8-13,15-16,21H,4-7,14H2,1-3H3,(H,26,29). The van der Waals surface area contributed by atoms with Gasteiger partial charge in [-0.1, -0.05) is 30.6 Å². The lowest BCUT2D eigenvalue weighted by Crippen LogP contribution is -2.43. The molecule has 8 heteroatoms. The van der Waals surface area contributed by atoms with E-state index in [9.17, 15) is 13.2 Å². The van der Waals surface area contributed by atoms with Gasteiger partial charge in [0.25, 0.3) is 5.91 Å². The number of rotatable bonds is 6. The molecule has 33 heavy (non-hydrogen) atoms. The summed E-state index contributed by atoms with van der Waals surface area (Å²) >= 11 is 0. The number of aromatic nitrogens is 1. The van der Waals surface area contributed by atoms with Gasteiger partial charge in [0, 0.05) is 29.9 Å². The van der Waals surface area contributed by atoms with Crippen LogP contribution in [0.2, 0.25) is 0 Å². The Bertz CT molecular complexity index is 1250. The van der Waals surface area contributed by atoms with Crippen molar-refractivity contribution in [2.45, 2.75) is 57.4 Å². The summed E-state index contributed by atoms with van der Waals surface area (Å²) in [6, 6.07) is 13.8. The minimum atomic E-state index is -3.56. The molecule has 1 aliphatic heterocycles. The van der Waals surface area contributed by atoms with E-state index >= 15 is 0 Å². The van der Waals surface area contributed by atoms with Gasteiger partial charge in [-0.3, -0.25) is 4.79 Å². The number of piperidine rings is 1. The van der Waals surface area contributed by atoms with E-state index in [1.165, 1.54) is 17.7 Å². The van der Waals surface area contributed by atoms with Gasteiger partial charge in [0.15, 0.2) is 11.5 Å². The second-order valence-electron chi connectivity index (χ2n) is 8.53. The maximum absolute atomic E-state index is 13.1. The largest absolute Gasteiger partial charge is 0.355 e. The van der Waals surface area contributed by atoms with E-state index in [0.717, 1.165) is 36.8 Å². The zero-order chi connectivity index (χ0) is 23.6. The molecule has 0 spiro atoms. The first-order valence-electron chi connectivity index (χ1n) is 11.3. The summed E-state index contributed by atoms with van der Waals surface area (Å²) in [4.78, 5) is 12.9. The van der Waals surface area contributed by atoms with Gasteiger partial charge in [-0.15, -0.1) is 0 Å². The number of amides is 1. The Morgan fingerprint density at radius 3 is 2.55 bits per heavy atom. The van der Waals surface area contributed by atoms with Gasteiger partial charge in [-0.25, -0.2) is 8.42 Å². The molecule has 1 N–H and O–H groups in total. The van der Waals surface area contributed by atoms with Crippen LogP contribution in [0.3, 0.4) is 0 Å².